The van der Waals surface area contributed by atoms with Gasteiger partial charge in [0.15, 0.2) is 16.6 Å². The van der Waals surface area contributed by atoms with E-state index in [1.807, 2.05) is 41.9 Å². The highest BCUT2D eigenvalue weighted by Gasteiger charge is 2.06. The molecule has 0 amide bonds. The van der Waals surface area contributed by atoms with E-state index in [0.29, 0.717) is 11.7 Å². The van der Waals surface area contributed by atoms with Crippen LogP contribution in [0.5, 0.6) is 11.5 Å². The number of anilines is 1. The number of methoxy groups -OCH3 is 2. The number of nitrogens with zero attached hydrogens (tertiary/aromatic N) is 2. The minimum Gasteiger partial charge on any atom is -0.493 e. The summed E-state index contributed by atoms with van der Waals surface area (Å²) in [7, 11) is 3.28. The van der Waals surface area contributed by atoms with E-state index in [4.69, 9.17) is 21.7 Å². The molecule has 0 aliphatic heterocycles. The number of rotatable bonds is 8. The molecule has 2 N–H and O–H groups in total. The van der Waals surface area contributed by atoms with Crippen molar-refractivity contribution in [3.63, 3.8) is 0 Å². The second-order valence-electron chi connectivity index (χ2n) is 7.11. The standard InChI is InChI=1S/C23H28N4O2S/c1-16-12-17(2)27(26-16)15-19-6-5-7-20(13-19)25-23(30)24-11-10-18-8-9-21(28-3)22(14-18)29-4/h5-9,12-14H,10-11,15H2,1-4H3,(H2,24,25,30). The van der Waals surface area contributed by atoms with Gasteiger partial charge in [0.1, 0.15) is 0 Å². The monoisotopic (exact) mass is 424 g/mol. The molecule has 0 unspecified atom stereocenters. The van der Waals surface area contributed by atoms with Gasteiger partial charge in [0, 0.05) is 17.9 Å². The smallest absolute Gasteiger partial charge is 0.170 e. The third kappa shape index (κ3) is 5.73. The summed E-state index contributed by atoms with van der Waals surface area (Å²) in [6.45, 7) is 5.52. The molecule has 2 aromatic carbocycles. The summed E-state index contributed by atoms with van der Waals surface area (Å²) in [5, 5.41) is 11.6. The SMILES string of the molecule is COc1ccc(CCNC(=S)Nc2cccc(Cn3nc(C)cc3C)c2)cc1OC. The highest BCUT2D eigenvalue weighted by molar-refractivity contribution is 7.80. The number of benzene rings is 2. The minimum absolute atomic E-state index is 0.596. The molecule has 0 bridgehead atoms. The number of thiocarbonyl (C=S) groups is 1. The van der Waals surface area contributed by atoms with Gasteiger partial charge in [-0.25, -0.2) is 0 Å². The van der Waals surface area contributed by atoms with Gasteiger partial charge >= 0.3 is 0 Å². The predicted octanol–water partition coefficient (Wildman–Crippen LogP) is 4.09. The summed E-state index contributed by atoms with van der Waals surface area (Å²) in [6.07, 6.45) is 0.820. The van der Waals surface area contributed by atoms with Crippen LogP contribution in [-0.2, 0) is 13.0 Å². The van der Waals surface area contributed by atoms with Gasteiger partial charge in [0.25, 0.3) is 0 Å². The second-order valence-corrected chi connectivity index (χ2v) is 7.51. The van der Waals surface area contributed by atoms with Crippen molar-refractivity contribution in [2.45, 2.75) is 26.8 Å². The Labute approximate surface area is 183 Å². The van der Waals surface area contributed by atoms with Crippen molar-refractivity contribution >= 4 is 23.0 Å². The first-order valence-electron chi connectivity index (χ1n) is 9.84. The summed E-state index contributed by atoms with van der Waals surface area (Å²) >= 11 is 5.45. The van der Waals surface area contributed by atoms with Crippen LogP contribution in [0.2, 0.25) is 0 Å². The molecule has 0 saturated carbocycles. The second kappa shape index (κ2) is 10.1. The highest BCUT2D eigenvalue weighted by Crippen LogP contribution is 2.27. The molecular weight excluding hydrogens is 396 g/mol. The van der Waals surface area contributed by atoms with E-state index in [1.165, 1.54) is 5.56 Å². The highest BCUT2D eigenvalue weighted by atomic mass is 32.1. The lowest BCUT2D eigenvalue weighted by Crippen LogP contribution is -2.30. The first-order chi connectivity index (χ1) is 14.5. The van der Waals surface area contributed by atoms with E-state index >= 15 is 0 Å². The Morgan fingerprint density at radius 3 is 2.50 bits per heavy atom. The molecule has 30 heavy (non-hydrogen) atoms. The van der Waals surface area contributed by atoms with Crippen LogP contribution in [0.4, 0.5) is 5.69 Å². The van der Waals surface area contributed by atoms with Gasteiger partial charge in [0.05, 0.1) is 26.5 Å². The normalized spacial score (nSPS) is 10.5. The van der Waals surface area contributed by atoms with Crippen LogP contribution >= 0.6 is 12.2 Å². The van der Waals surface area contributed by atoms with Crippen LogP contribution in [0, 0.1) is 13.8 Å². The summed E-state index contributed by atoms with van der Waals surface area (Å²) in [6, 6.07) is 16.2. The maximum absolute atomic E-state index is 5.45. The molecule has 0 fully saturated rings. The molecule has 7 heteroatoms. The topological polar surface area (TPSA) is 60.3 Å². The lowest BCUT2D eigenvalue weighted by atomic mass is 10.1. The molecule has 0 atom stereocenters. The first-order valence-corrected chi connectivity index (χ1v) is 10.2. The van der Waals surface area contributed by atoms with Crippen molar-refractivity contribution in [1.29, 1.82) is 0 Å². The number of ether oxygens (including phenoxy) is 2. The van der Waals surface area contributed by atoms with Gasteiger partial charge in [-0.05, 0) is 73.9 Å². The van der Waals surface area contributed by atoms with Crippen LogP contribution in [-0.4, -0.2) is 35.7 Å². The van der Waals surface area contributed by atoms with E-state index in [2.05, 4.69) is 40.9 Å². The fraction of sp³-hybridized carbons (Fsp3) is 0.304. The van der Waals surface area contributed by atoms with Gasteiger partial charge in [-0.15, -0.1) is 0 Å². The Bertz CT molecular complexity index is 1020. The third-order valence-electron chi connectivity index (χ3n) is 4.77. The molecule has 158 valence electrons. The Morgan fingerprint density at radius 2 is 1.80 bits per heavy atom. The van der Waals surface area contributed by atoms with Crippen molar-refractivity contribution in [3.8, 4) is 11.5 Å². The molecular formula is C23H28N4O2S. The van der Waals surface area contributed by atoms with Crippen LogP contribution in [0.1, 0.15) is 22.5 Å². The van der Waals surface area contributed by atoms with Crippen molar-refractivity contribution in [2.24, 2.45) is 0 Å². The Morgan fingerprint density at radius 1 is 1.00 bits per heavy atom. The summed E-state index contributed by atoms with van der Waals surface area (Å²) in [5.41, 5.74) is 5.45. The molecule has 3 rings (SSSR count). The number of aryl methyl sites for hydroxylation is 2. The van der Waals surface area contributed by atoms with E-state index in [9.17, 15) is 0 Å². The molecule has 1 aromatic heterocycles. The Hall–Kier alpha value is -3.06. The Balaban J connectivity index is 1.52. The van der Waals surface area contributed by atoms with Crippen LogP contribution < -0.4 is 20.1 Å². The van der Waals surface area contributed by atoms with Gasteiger partial charge in [0.2, 0.25) is 0 Å². The number of hydrogen-bond acceptors (Lipinski definition) is 4. The van der Waals surface area contributed by atoms with Gasteiger partial charge in [-0.3, -0.25) is 4.68 Å². The maximum Gasteiger partial charge on any atom is 0.170 e. The van der Waals surface area contributed by atoms with Crippen molar-refractivity contribution in [3.05, 3.63) is 71.0 Å². The van der Waals surface area contributed by atoms with Crippen molar-refractivity contribution in [2.75, 3.05) is 26.1 Å². The van der Waals surface area contributed by atoms with Gasteiger partial charge in [-0.2, -0.15) is 5.10 Å². The summed E-state index contributed by atoms with van der Waals surface area (Å²) in [5.74, 6) is 1.46. The van der Waals surface area contributed by atoms with Crippen LogP contribution in [0.15, 0.2) is 48.5 Å². The lowest BCUT2D eigenvalue weighted by Gasteiger charge is -2.13. The molecule has 0 saturated heterocycles. The molecule has 0 radical (unpaired) electrons. The number of hydrogen-bond donors (Lipinski definition) is 2. The molecule has 0 spiro atoms. The Kier molecular flexibility index (Phi) is 7.30. The van der Waals surface area contributed by atoms with E-state index in [0.717, 1.165) is 47.1 Å². The zero-order valence-electron chi connectivity index (χ0n) is 17.9. The van der Waals surface area contributed by atoms with E-state index < -0.39 is 0 Å². The quantitative estimate of drug-likeness (QED) is 0.531. The fourth-order valence-electron chi connectivity index (χ4n) is 3.29. The lowest BCUT2D eigenvalue weighted by molar-refractivity contribution is 0.354. The number of nitrogens with one attached hydrogen (secondary N) is 2. The summed E-state index contributed by atoms with van der Waals surface area (Å²) in [4.78, 5) is 0. The molecule has 0 aliphatic rings. The zero-order chi connectivity index (χ0) is 21.5. The molecule has 1 heterocycles. The largest absolute Gasteiger partial charge is 0.493 e. The molecule has 6 nitrogen and oxygen atoms in total. The average molecular weight is 425 g/mol. The zero-order valence-corrected chi connectivity index (χ0v) is 18.7. The van der Waals surface area contributed by atoms with Gasteiger partial charge < -0.3 is 20.1 Å². The maximum atomic E-state index is 5.45. The first kappa shape index (κ1) is 21.6. The summed E-state index contributed by atoms with van der Waals surface area (Å²) < 4.78 is 12.6. The molecule has 0 aliphatic carbocycles. The third-order valence-corrected chi connectivity index (χ3v) is 5.01. The average Bonchev–Trinajstić information content (AvgIpc) is 3.04. The van der Waals surface area contributed by atoms with Gasteiger partial charge in [-0.1, -0.05) is 18.2 Å². The molecule has 3 aromatic rings. The minimum atomic E-state index is 0.596. The van der Waals surface area contributed by atoms with Crippen LogP contribution in [0.3, 0.4) is 0 Å². The van der Waals surface area contributed by atoms with Crippen molar-refractivity contribution < 1.29 is 9.47 Å². The van der Waals surface area contributed by atoms with Crippen molar-refractivity contribution in [1.82, 2.24) is 15.1 Å². The number of aromatic nitrogens is 2. The fourth-order valence-corrected chi connectivity index (χ4v) is 3.51. The predicted molar refractivity (Wildman–Crippen MR) is 125 cm³/mol. The van der Waals surface area contributed by atoms with E-state index in [1.54, 1.807) is 14.2 Å². The van der Waals surface area contributed by atoms with E-state index in [-0.39, 0.29) is 0 Å². The van der Waals surface area contributed by atoms with Crippen LogP contribution in [0.25, 0.3) is 0 Å².